The molecule has 158 valence electrons. The number of amides is 2. The fourth-order valence-electron chi connectivity index (χ4n) is 2.96. The number of hydrogen-bond donors (Lipinski definition) is 3. The monoisotopic (exact) mass is 432 g/mol. The van der Waals surface area contributed by atoms with Crippen molar-refractivity contribution in [3.63, 3.8) is 0 Å². The summed E-state index contributed by atoms with van der Waals surface area (Å²) in [6.07, 6.45) is 0.861. The van der Waals surface area contributed by atoms with Crippen molar-refractivity contribution in [2.24, 2.45) is 0 Å². The van der Waals surface area contributed by atoms with Crippen LogP contribution in [0.1, 0.15) is 22.5 Å². The minimum Gasteiger partial charge on any atom is -0.385 e. The van der Waals surface area contributed by atoms with Gasteiger partial charge in [0.05, 0.1) is 0 Å². The zero-order valence-electron chi connectivity index (χ0n) is 16.4. The first-order valence-electron chi connectivity index (χ1n) is 9.43. The van der Waals surface area contributed by atoms with E-state index in [2.05, 4.69) is 20.6 Å². The molecule has 0 saturated carbocycles. The maximum atomic E-state index is 13.2. The lowest BCUT2D eigenvalue weighted by atomic mass is 10.0. The van der Waals surface area contributed by atoms with Gasteiger partial charge in [0.1, 0.15) is 28.4 Å². The number of aromatic nitrogens is 2. The standard InChI is InChI=1S/C21H22ClFN4O3/c1-30-10-2-9-24-20(28)16(11-13-3-6-15(23)7-4-13)26-21(29)17-12-14-5-8-18(22)27-19(14)25-17/h3-8,12,16H,2,9-11H2,1H3,(H,24,28)(H,25,27)(H,26,29)/t16-/m0/s1. The average molecular weight is 433 g/mol. The first-order valence-corrected chi connectivity index (χ1v) is 9.81. The Hall–Kier alpha value is -2.97. The molecule has 0 radical (unpaired) electrons. The van der Waals surface area contributed by atoms with Gasteiger partial charge in [-0.3, -0.25) is 9.59 Å². The molecule has 0 unspecified atom stereocenters. The molecular formula is C21H22ClFN4O3. The predicted octanol–water partition coefficient (Wildman–Crippen LogP) is 2.85. The van der Waals surface area contributed by atoms with Crippen molar-refractivity contribution in [1.82, 2.24) is 20.6 Å². The number of ether oxygens (including phenoxy) is 1. The first kappa shape index (κ1) is 21.7. The summed E-state index contributed by atoms with van der Waals surface area (Å²) in [5.41, 5.74) is 1.46. The summed E-state index contributed by atoms with van der Waals surface area (Å²) >= 11 is 5.89. The number of aromatic amines is 1. The number of nitrogens with zero attached hydrogens (tertiary/aromatic N) is 1. The number of benzene rings is 1. The van der Waals surface area contributed by atoms with Crippen molar-refractivity contribution in [1.29, 1.82) is 0 Å². The Bertz CT molecular complexity index is 1020. The third-order valence-electron chi connectivity index (χ3n) is 4.49. The summed E-state index contributed by atoms with van der Waals surface area (Å²) in [6, 6.07) is 9.98. The van der Waals surface area contributed by atoms with Crippen LogP contribution in [0, 0.1) is 5.82 Å². The molecule has 2 aromatic heterocycles. The Labute approximate surface area is 178 Å². The van der Waals surface area contributed by atoms with E-state index in [4.69, 9.17) is 16.3 Å². The van der Waals surface area contributed by atoms with Gasteiger partial charge in [-0.2, -0.15) is 0 Å². The minimum atomic E-state index is -0.839. The number of halogens is 2. The van der Waals surface area contributed by atoms with Crippen LogP contribution in [-0.2, 0) is 16.0 Å². The highest BCUT2D eigenvalue weighted by molar-refractivity contribution is 6.29. The molecule has 0 spiro atoms. The predicted molar refractivity (Wildman–Crippen MR) is 112 cm³/mol. The van der Waals surface area contributed by atoms with Crippen molar-refractivity contribution >= 4 is 34.4 Å². The van der Waals surface area contributed by atoms with Gasteiger partial charge in [0, 0.05) is 32.1 Å². The van der Waals surface area contributed by atoms with Crippen molar-refractivity contribution in [2.75, 3.05) is 20.3 Å². The Balaban J connectivity index is 1.74. The third kappa shape index (κ3) is 5.77. The van der Waals surface area contributed by atoms with Crippen molar-refractivity contribution < 1.29 is 18.7 Å². The zero-order valence-corrected chi connectivity index (χ0v) is 17.1. The molecule has 7 nitrogen and oxygen atoms in total. The molecule has 0 saturated heterocycles. The van der Waals surface area contributed by atoms with E-state index in [1.165, 1.54) is 12.1 Å². The second kappa shape index (κ2) is 10.2. The Morgan fingerprint density at radius 1 is 1.23 bits per heavy atom. The van der Waals surface area contributed by atoms with E-state index in [-0.39, 0.29) is 23.8 Å². The number of nitrogens with one attached hydrogen (secondary N) is 3. The van der Waals surface area contributed by atoms with Gasteiger partial charge in [0.15, 0.2) is 0 Å². The molecule has 9 heteroatoms. The van der Waals surface area contributed by atoms with Gasteiger partial charge in [-0.05, 0) is 42.3 Å². The molecule has 0 fully saturated rings. The van der Waals surface area contributed by atoms with Crippen molar-refractivity contribution in [3.05, 3.63) is 64.7 Å². The van der Waals surface area contributed by atoms with Crippen LogP contribution in [0.5, 0.6) is 0 Å². The van der Waals surface area contributed by atoms with Gasteiger partial charge in [-0.15, -0.1) is 0 Å². The summed E-state index contributed by atoms with van der Waals surface area (Å²) in [5, 5.41) is 6.57. The quantitative estimate of drug-likeness (QED) is 0.358. The summed E-state index contributed by atoms with van der Waals surface area (Å²) in [6.45, 7) is 0.928. The van der Waals surface area contributed by atoms with Gasteiger partial charge in [0.25, 0.3) is 5.91 Å². The molecule has 3 rings (SSSR count). The number of pyridine rings is 1. The van der Waals surface area contributed by atoms with E-state index in [9.17, 15) is 14.0 Å². The fraction of sp³-hybridized carbons (Fsp3) is 0.286. The van der Waals surface area contributed by atoms with Crippen molar-refractivity contribution in [2.45, 2.75) is 18.9 Å². The van der Waals surface area contributed by atoms with Crippen molar-refractivity contribution in [3.8, 4) is 0 Å². The van der Waals surface area contributed by atoms with Gasteiger partial charge in [0.2, 0.25) is 5.91 Å². The van der Waals surface area contributed by atoms with Gasteiger partial charge in [-0.1, -0.05) is 23.7 Å². The minimum absolute atomic E-state index is 0.215. The number of rotatable bonds is 9. The number of fused-ring (bicyclic) bond motifs is 1. The molecule has 0 bridgehead atoms. The van der Waals surface area contributed by atoms with Crippen LogP contribution in [0.25, 0.3) is 11.0 Å². The summed E-state index contributed by atoms with van der Waals surface area (Å²) in [4.78, 5) is 32.5. The molecule has 2 heterocycles. The maximum absolute atomic E-state index is 13.2. The van der Waals surface area contributed by atoms with Gasteiger partial charge in [-0.25, -0.2) is 9.37 Å². The molecule has 1 atom stereocenters. The van der Waals surface area contributed by atoms with E-state index >= 15 is 0 Å². The third-order valence-corrected chi connectivity index (χ3v) is 4.70. The first-order chi connectivity index (χ1) is 14.5. The highest BCUT2D eigenvalue weighted by Crippen LogP contribution is 2.16. The van der Waals surface area contributed by atoms with E-state index in [1.807, 2.05) is 0 Å². The van der Waals surface area contributed by atoms with E-state index < -0.39 is 11.9 Å². The number of carbonyl (C=O) groups is 2. The lowest BCUT2D eigenvalue weighted by molar-refractivity contribution is -0.123. The normalized spacial score (nSPS) is 12.0. The Morgan fingerprint density at radius 3 is 2.73 bits per heavy atom. The number of methoxy groups -OCH3 is 1. The highest BCUT2D eigenvalue weighted by atomic mass is 35.5. The lowest BCUT2D eigenvalue weighted by Gasteiger charge is -2.18. The van der Waals surface area contributed by atoms with Crippen LogP contribution in [0.15, 0.2) is 42.5 Å². The second-order valence-electron chi connectivity index (χ2n) is 6.75. The second-order valence-corrected chi connectivity index (χ2v) is 7.14. The fourth-order valence-corrected chi connectivity index (χ4v) is 3.10. The van der Waals surface area contributed by atoms with E-state index in [0.29, 0.717) is 30.4 Å². The molecule has 0 aliphatic carbocycles. The Morgan fingerprint density at radius 2 is 2.00 bits per heavy atom. The molecule has 30 heavy (non-hydrogen) atoms. The van der Waals surface area contributed by atoms with Crippen LogP contribution in [0.2, 0.25) is 5.15 Å². The molecule has 1 aromatic carbocycles. The zero-order chi connectivity index (χ0) is 21.5. The largest absolute Gasteiger partial charge is 0.385 e. The topological polar surface area (TPSA) is 96.1 Å². The van der Waals surface area contributed by atoms with E-state index in [1.54, 1.807) is 37.4 Å². The van der Waals surface area contributed by atoms with Gasteiger partial charge < -0.3 is 20.4 Å². The van der Waals surface area contributed by atoms with Gasteiger partial charge >= 0.3 is 0 Å². The summed E-state index contributed by atoms with van der Waals surface area (Å²) in [5.74, 6) is -1.16. The molecule has 3 N–H and O–H groups in total. The van der Waals surface area contributed by atoms with Crippen LogP contribution in [0.3, 0.4) is 0 Å². The van der Waals surface area contributed by atoms with Crippen LogP contribution < -0.4 is 10.6 Å². The molecule has 0 aliphatic heterocycles. The molecule has 0 aliphatic rings. The number of hydrogen-bond acceptors (Lipinski definition) is 4. The smallest absolute Gasteiger partial charge is 0.268 e. The van der Waals surface area contributed by atoms with Crippen LogP contribution in [-0.4, -0.2) is 48.1 Å². The number of carbonyl (C=O) groups excluding carboxylic acids is 2. The number of H-pyrrole nitrogens is 1. The van der Waals surface area contributed by atoms with Crippen LogP contribution in [0.4, 0.5) is 4.39 Å². The Kier molecular flexibility index (Phi) is 7.37. The molecule has 3 aromatic rings. The SMILES string of the molecule is COCCCNC(=O)[C@H](Cc1ccc(F)cc1)NC(=O)c1cc2ccc(Cl)nc2[nH]1. The summed E-state index contributed by atoms with van der Waals surface area (Å²) < 4.78 is 18.2. The summed E-state index contributed by atoms with van der Waals surface area (Å²) in [7, 11) is 1.59. The maximum Gasteiger partial charge on any atom is 0.268 e. The molecular weight excluding hydrogens is 411 g/mol. The average Bonchev–Trinajstić information content (AvgIpc) is 3.15. The lowest BCUT2D eigenvalue weighted by Crippen LogP contribution is -2.48. The molecule has 2 amide bonds. The van der Waals surface area contributed by atoms with E-state index in [0.717, 1.165) is 10.9 Å². The highest BCUT2D eigenvalue weighted by Gasteiger charge is 2.23. The van der Waals surface area contributed by atoms with Crippen LogP contribution >= 0.6 is 11.6 Å².